The molecule has 0 saturated heterocycles. The smallest absolute Gasteiger partial charge is 0.149 e. The third kappa shape index (κ3) is 3.65. The topological polar surface area (TPSA) is 105 Å². The van der Waals surface area contributed by atoms with Crippen molar-refractivity contribution in [1.82, 2.24) is 19.9 Å². The van der Waals surface area contributed by atoms with Gasteiger partial charge in [0.2, 0.25) is 0 Å². The second-order valence-corrected chi connectivity index (χ2v) is 7.21. The number of benzene rings is 3. The zero-order valence-electron chi connectivity index (χ0n) is 16.9. The molecule has 5 aromatic rings. The Morgan fingerprint density at radius 3 is 1.41 bits per heavy atom. The first-order valence-electron chi connectivity index (χ1n) is 9.97. The maximum atomic E-state index is 9.62. The van der Waals surface area contributed by atoms with E-state index in [0.29, 0.717) is 22.8 Å². The summed E-state index contributed by atoms with van der Waals surface area (Å²) in [4.78, 5) is 15.4. The number of rotatable bonds is 4. The summed E-state index contributed by atoms with van der Waals surface area (Å²) in [7, 11) is 0. The molecule has 150 valence electrons. The number of aromatic amines is 2. The van der Waals surface area contributed by atoms with E-state index in [4.69, 9.17) is 0 Å². The molecule has 0 aliphatic heterocycles. The summed E-state index contributed by atoms with van der Waals surface area (Å²) in [5, 5.41) is 19.2. The van der Waals surface area contributed by atoms with Gasteiger partial charge in [-0.25, -0.2) is 9.97 Å². The van der Waals surface area contributed by atoms with Crippen molar-refractivity contribution in [1.29, 1.82) is 10.5 Å². The summed E-state index contributed by atoms with van der Waals surface area (Å²) >= 11 is 0. The molecule has 0 aliphatic rings. The first kappa shape index (κ1) is 19.0. The lowest BCUT2D eigenvalue weighted by molar-refractivity contribution is 1.27. The Morgan fingerprint density at radius 2 is 1.03 bits per heavy atom. The molecule has 0 spiro atoms. The van der Waals surface area contributed by atoms with Gasteiger partial charge in [0, 0.05) is 0 Å². The maximum Gasteiger partial charge on any atom is 0.149 e. The third-order valence-electron chi connectivity index (χ3n) is 5.09. The van der Waals surface area contributed by atoms with Gasteiger partial charge in [0.15, 0.2) is 0 Å². The molecule has 0 aliphatic carbocycles. The van der Waals surface area contributed by atoms with Crippen LogP contribution in [0.15, 0.2) is 72.8 Å². The zero-order valence-corrected chi connectivity index (χ0v) is 16.9. The monoisotopic (exact) mass is 412 g/mol. The number of nitriles is 2. The van der Waals surface area contributed by atoms with Crippen LogP contribution >= 0.6 is 0 Å². The Balaban J connectivity index is 1.43. The summed E-state index contributed by atoms with van der Waals surface area (Å²) in [6, 6.07) is 27.4. The van der Waals surface area contributed by atoms with Crippen LogP contribution in [0.2, 0.25) is 0 Å². The minimum atomic E-state index is 0.449. The number of nitrogens with zero attached hydrogens (tertiary/aromatic N) is 4. The molecular weight excluding hydrogens is 396 g/mol. The molecule has 0 saturated carbocycles. The van der Waals surface area contributed by atoms with Gasteiger partial charge in [0.05, 0.1) is 33.2 Å². The predicted molar refractivity (Wildman–Crippen MR) is 126 cm³/mol. The van der Waals surface area contributed by atoms with Crippen molar-refractivity contribution in [3.63, 3.8) is 0 Å². The average molecular weight is 412 g/mol. The van der Waals surface area contributed by atoms with Crippen LogP contribution in [0.1, 0.15) is 22.8 Å². The van der Waals surface area contributed by atoms with Crippen molar-refractivity contribution >= 4 is 45.4 Å². The van der Waals surface area contributed by atoms with E-state index in [-0.39, 0.29) is 0 Å². The number of imidazole rings is 2. The quantitative estimate of drug-likeness (QED) is 0.377. The molecule has 5 rings (SSSR count). The number of para-hydroxylation sites is 4. The molecule has 0 bridgehead atoms. The second kappa shape index (κ2) is 8.06. The van der Waals surface area contributed by atoms with Gasteiger partial charge in [-0.15, -0.1) is 0 Å². The summed E-state index contributed by atoms with van der Waals surface area (Å²) in [5.74, 6) is 1.07. The van der Waals surface area contributed by atoms with Crippen LogP contribution in [0, 0.1) is 22.7 Å². The van der Waals surface area contributed by atoms with E-state index in [0.717, 1.165) is 33.2 Å². The van der Waals surface area contributed by atoms with Crippen LogP contribution in [0.4, 0.5) is 0 Å². The fraction of sp³-hybridized carbons (Fsp3) is 0. The molecule has 6 heteroatoms. The van der Waals surface area contributed by atoms with E-state index in [2.05, 4.69) is 32.1 Å². The van der Waals surface area contributed by atoms with Gasteiger partial charge in [0.25, 0.3) is 0 Å². The largest absolute Gasteiger partial charge is 0.337 e. The third-order valence-corrected chi connectivity index (χ3v) is 5.09. The van der Waals surface area contributed by atoms with E-state index in [1.165, 1.54) is 0 Å². The van der Waals surface area contributed by atoms with Crippen LogP contribution in [-0.2, 0) is 0 Å². The lowest BCUT2D eigenvalue weighted by Gasteiger charge is -1.99. The SMILES string of the molecule is N#C/C(=C\c1ccc(/C=C(\C#N)c2nc3ccccc3[nH]2)cc1)c1nc2ccccc2[nH]1. The van der Waals surface area contributed by atoms with Gasteiger partial charge in [0.1, 0.15) is 23.8 Å². The van der Waals surface area contributed by atoms with Crippen molar-refractivity contribution in [2.75, 3.05) is 0 Å². The van der Waals surface area contributed by atoms with Crippen molar-refractivity contribution in [3.05, 3.63) is 95.6 Å². The minimum Gasteiger partial charge on any atom is -0.337 e. The minimum absolute atomic E-state index is 0.449. The molecule has 3 aromatic carbocycles. The highest BCUT2D eigenvalue weighted by Gasteiger charge is 2.09. The van der Waals surface area contributed by atoms with E-state index in [1.807, 2.05) is 72.8 Å². The molecule has 0 unspecified atom stereocenters. The molecule has 2 heterocycles. The van der Waals surface area contributed by atoms with Gasteiger partial charge in [-0.05, 0) is 47.5 Å². The van der Waals surface area contributed by atoms with Crippen molar-refractivity contribution in [3.8, 4) is 12.1 Å². The van der Waals surface area contributed by atoms with Crippen molar-refractivity contribution in [2.45, 2.75) is 0 Å². The predicted octanol–water partition coefficient (Wildman–Crippen LogP) is 5.57. The van der Waals surface area contributed by atoms with Crippen molar-refractivity contribution < 1.29 is 0 Å². The lowest BCUT2D eigenvalue weighted by atomic mass is 10.1. The van der Waals surface area contributed by atoms with E-state index in [9.17, 15) is 10.5 Å². The fourth-order valence-corrected chi connectivity index (χ4v) is 3.49. The molecule has 0 fully saturated rings. The average Bonchev–Trinajstić information content (AvgIpc) is 3.46. The Morgan fingerprint density at radius 1 is 0.625 bits per heavy atom. The van der Waals surface area contributed by atoms with Gasteiger partial charge in [-0.1, -0.05) is 48.5 Å². The molecule has 6 nitrogen and oxygen atoms in total. The van der Waals surface area contributed by atoms with E-state index >= 15 is 0 Å². The van der Waals surface area contributed by atoms with Crippen LogP contribution in [-0.4, -0.2) is 19.9 Å². The number of hydrogen-bond donors (Lipinski definition) is 2. The molecule has 32 heavy (non-hydrogen) atoms. The van der Waals surface area contributed by atoms with Gasteiger partial charge in [-0.3, -0.25) is 0 Å². The number of aromatic nitrogens is 4. The van der Waals surface area contributed by atoms with Crippen LogP contribution in [0.5, 0.6) is 0 Å². The molecule has 0 radical (unpaired) electrons. The molecule has 2 aromatic heterocycles. The van der Waals surface area contributed by atoms with Gasteiger partial charge in [-0.2, -0.15) is 10.5 Å². The molecular formula is C26H16N6. The van der Waals surface area contributed by atoms with Crippen LogP contribution < -0.4 is 0 Å². The summed E-state index contributed by atoms with van der Waals surface area (Å²) in [6.07, 6.45) is 3.57. The number of nitrogens with one attached hydrogen (secondary N) is 2. The van der Waals surface area contributed by atoms with Crippen molar-refractivity contribution in [2.24, 2.45) is 0 Å². The summed E-state index contributed by atoms with van der Waals surface area (Å²) < 4.78 is 0. The highest BCUT2D eigenvalue weighted by Crippen LogP contribution is 2.22. The number of allylic oxidation sites excluding steroid dienone is 2. The highest BCUT2D eigenvalue weighted by atomic mass is 14.9. The first-order valence-corrected chi connectivity index (χ1v) is 9.97. The molecule has 0 amide bonds. The Labute approximate surface area is 183 Å². The van der Waals surface area contributed by atoms with E-state index < -0.39 is 0 Å². The summed E-state index contributed by atoms with van der Waals surface area (Å²) in [6.45, 7) is 0. The molecule has 0 atom stereocenters. The highest BCUT2D eigenvalue weighted by molar-refractivity contribution is 5.92. The zero-order chi connectivity index (χ0) is 21.9. The maximum absolute atomic E-state index is 9.62. The number of hydrogen-bond acceptors (Lipinski definition) is 4. The van der Waals surface area contributed by atoms with Crippen LogP contribution in [0.25, 0.3) is 45.4 Å². The standard InChI is InChI=1S/C26H16N6/c27-15-19(25-29-21-5-1-2-6-22(21)30-25)13-17-9-11-18(12-10-17)14-20(16-28)26-31-23-7-3-4-8-24(23)32-26/h1-14H,(H,29,30)(H,31,32)/b19-13+,20-14+. The summed E-state index contributed by atoms with van der Waals surface area (Å²) in [5.41, 5.74) is 6.03. The number of fused-ring (bicyclic) bond motifs is 2. The Bertz CT molecular complexity index is 1400. The first-order chi connectivity index (χ1) is 15.7. The Kier molecular flexibility index (Phi) is 4.80. The molecule has 2 N–H and O–H groups in total. The second-order valence-electron chi connectivity index (χ2n) is 7.21. The number of H-pyrrole nitrogens is 2. The lowest BCUT2D eigenvalue weighted by Crippen LogP contribution is -1.86. The van der Waals surface area contributed by atoms with E-state index in [1.54, 1.807) is 12.2 Å². The fourth-order valence-electron chi connectivity index (χ4n) is 3.49. The normalized spacial score (nSPS) is 12.1. The Hall–Kier alpha value is -4.94. The van der Waals surface area contributed by atoms with Gasteiger partial charge < -0.3 is 9.97 Å². The van der Waals surface area contributed by atoms with Gasteiger partial charge >= 0.3 is 0 Å². The van der Waals surface area contributed by atoms with Crippen LogP contribution in [0.3, 0.4) is 0 Å².